The lowest BCUT2D eigenvalue weighted by Crippen LogP contribution is -2.45. The fraction of sp³-hybridized carbons (Fsp3) is 0.500. The molecule has 1 aromatic carbocycles. The maximum atomic E-state index is 13.1. The van der Waals surface area contributed by atoms with Crippen LogP contribution in [0.5, 0.6) is 0 Å². The van der Waals surface area contributed by atoms with Gasteiger partial charge in [-0.05, 0) is 25.3 Å². The Kier molecular flexibility index (Phi) is 5.78. The molecule has 3 heterocycles. The minimum Gasteiger partial charge on any atom is -0.347 e. The molecular weight excluding hydrogens is 364 g/mol. The van der Waals surface area contributed by atoms with E-state index in [1.807, 2.05) is 48.3 Å². The lowest BCUT2D eigenvalue weighted by Gasteiger charge is -2.35. The zero-order valence-corrected chi connectivity index (χ0v) is 17.4. The highest BCUT2D eigenvalue weighted by molar-refractivity contribution is 5.80. The van der Waals surface area contributed by atoms with E-state index in [-0.39, 0.29) is 23.8 Å². The molecule has 1 amide bonds. The van der Waals surface area contributed by atoms with Crippen molar-refractivity contribution in [1.29, 1.82) is 0 Å². The number of amides is 1. The van der Waals surface area contributed by atoms with Crippen molar-refractivity contribution >= 4 is 11.9 Å². The molecule has 0 radical (unpaired) electrons. The molecule has 3 atom stereocenters. The molecular formula is C22H30N6O. The Hall–Kier alpha value is -2.51. The fourth-order valence-electron chi connectivity index (χ4n) is 4.30. The molecule has 2 aliphatic heterocycles. The van der Waals surface area contributed by atoms with Crippen LogP contribution in [0.25, 0.3) is 11.1 Å². The summed E-state index contributed by atoms with van der Waals surface area (Å²) in [4.78, 5) is 26.6. The number of hydrogen-bond donors (Lipinski definition) is 2. The van der Waals surface area contributed by atoms with Gasteiger partial charge in [0.25, 0.3) is 0 Å². The summed E-state index contributed by atoms with van der Waals surface area (Å²) in [6.45, 7) is 4.29. The van der Waals surface area contributed by atoms with Crippen LogP contribution in [0, 0.1) is 5.92 Å². The molecule has 0 spiro atoms. The maximum absolute atomic E-state index is 13.1. The minimum absolute atomic E-state index is 0.00919. The summed E-state index contributed by atoms with van der Waals surface area (Å²) in [5.41, 5.74) is 9.50. The quantitative estimate of drug-likeness (QED) is 0.827. The third kappa shape index (κ3) is 4.11. The van der Waals surface area contributed by atoms with Crippen LogP contribution in [-0.4, -0.2) is 60.5 Å². The molecule has 2 N–H and O–H groups in total. The molecule has 0 aliphatic carbocycles. The molecule has 2 aliphatic rings. The number of carbonyl (C=O) groups excluding carboxylic acids is 1. The number of nitrogens with one attached hydrogen (secondary N) is 2. The van der Waals surface area contributed by atoms with E-state index in [0.717, 1.165) is 36.2 Å². The lowest BCUT2D eigenvalue weighted by molar-refractivity contribution is -0.136. The monoisotopic (exact) mass is 394 g/mol. The number of hydrogen-bond acceptors (Lipinski definition) is 6. The van der Waals surface area contributed by atoms with Crippen molar-refractivity contribution in [2.75, 3.05) is 38.6 Å². The lowest BCUT2D eigenvalue weighted by atomic mass is 9.89. The Balaban J connectivity index is 1.64. The van der Waals surface area contributed by atoms with Crippen LogP contribution in [0.2, 0.25) is 0 Å². The minimum atomic E-state index is -0.00919. The van der Waals surface area contributed by atoms with Crippen LogP contribution in [0.4, 0.5) is 5.95 Å². The van der Waals surface area contributed by atoms with Gasteiger partial charge in [-0.15, -0.1) is 0 Å². The van der Waals surface area contributed by atoms with Crippen LogP contribution >= 0.6 is 0 Å². The van der Waals surface area contributed by atoms with Crippen molar-refractivity contribution in [3.63, 3.8) is 0 Å². The summed E-state index contributed by atoms with van der Waals surface area (Å²) in [5, 5.41) is 0. The molecule has 2 saturated heterocycles. The van der Waals surface area contributed by atoms with E-state index in [4.69, 9.17) is 4.98 Å². The number of anilines is 1. The van der Waals surface area contributed by atoms with E-state index in [1.165, 1.54) is 0 Å². The molecule has 2 fully saturated rings. The van der Waals surface area contributed by atoms with Gasteiger partial charge >= 0.3 is 0 Å². The van der Waals surface area contributed by atoms with Crippen molar-refractivity contribution in [3.8, 4) is 11.1 Å². The predicted octanol–water partition coefficient (Wildman–Crippen LogP) is 2.03. The summed E-state index contributed by atoms with van der Waals surface area (Å²) in [6, 6.07) is 10.4. The summed E-state index contributed by atoms with van der Waals surface area (Å²) < 4.78 is 0. The van der Waals surface area contributed by atoms with Gasteiger partial charge in [0.05, 0.1) is 11.6 Å². The summed E-state index contributed by atoms with van der Waals surface area (Å²) in [6.07, 6.45) is 3.96. The molecule has 7 heteroatoms. The van der Waals surface area contributed by atoms with Crippen LogP contribution in [0.3, 0.4) is 0 Å². The Labute approximate surface area is 172 Å². The van der Waals surface area contributed by atoms with Gasteiger partial charge in [-0.2, -0.15) is 0 Å². The molecule has 0 saturated carbocycles. The Morgan fingerprint density at radius 1 is 1.24 bits per heavy atom. The Bertz CT molecular complexity index is 856. The highest BCUT2D eigenvalue weighted by atomic mass is 16.2. The number of likely N-dealkylation sites (tertiary alicyclic amines) is 1. The first-order valence-corrected chi connectivity index (χ1v) is 10.4. The van der Waals surface area contributed by atoms with Gasteiger partial charge in [-0.1, -0.05) is 30.3 Å². The zero-order chi connectivity index (χ0) is 20.4. The second-order valence-corrected chi connectivity index (χ2v) is 8.27. The van der Waals surface area contributed by atoms with Crippen molar-refractivity contribution in [1.82, 2.24) is 25.7 Å². The van der Waals surface area contributed by atoms with Crippen LogP contribution < -0.4 is 15.8 Å². The number of carbonyl (C=O) groups is 1. The fourth-order valence-corrected chi connectivity index (χ4v) is 4.30. The molecule has 2 aromatic rings. The zero-order valence-electron chi connectivity index (χ0n) is 17.4. The number of piperidine rings is 1. The molecule has 3 unspecified atom stereocenters. The van der Waals surface area contributed by atoms with E-state index in [9.17, 15) is 4.79 Å². The predicted molar refractivity (Wildman–Crippen MR) is 114 cm³/mol. The number of hydrazine groups is 1. The largest absolute Gasteiger partial charge is 0.347 e. The highest BCUT2D eigenvalue weighted by Gasteiger charge is 2.36. The second kappa shape index (κ2) is 8.47. The van der Waals surface area contributed by atoms with Gasteiger partial charge in [-0.3, -0.25) is 15.6 Å². The maximum Gasteiger partial charge on any atom is 0.228 e. The third-order valence-electron chi connectivity index (χ3n) is 5.98. The molecule has 7 nitrogen and oxygen atoms in total. The number of nitrogens with zero attached hydrogens (tertiary/aromatic N) is 4. The third-order valence-corrected chi connectivity index (χ3v) is 5.98. The average molecular weight is 395 g/mol. The van der Waals surface area contributed by atoms with Gasteiger partial charge in [0.15, 0.2) is 0 Å². The van der Waals surface area contributed by atoms with Crippen molar-refractivity contribution in [3.05, 3.63) is 42.2 Å². The average Bonchev–Trinajstić information content (AvgIpc) is 3.19. The van der Waals surface area contributed by atoms with E-state index in [2.05, 4.69) is 34.9 Å². The molecule has 0 bridgehead atoms. The first kappa shape index (κ1) is 19.8. The summed E-state index contributed by atoms with van der Waals surface area (Å²) >= 11 is 0. The summed E-state index contributed by atoms with van der Waals surface area (Å²) in [5.74, 6) is 1.15. The second-order valence-electron chi connectivity index (χ2n) is 8.27. The summed E-state index contributed by atoms with van der Waals surface area (Å²) in [7, 11) is 3.92. The van der Waals surface area contributed by atoms with Gasteiger partial charge in [0.2, 0.25) is 11.9 Å². The van der Waals surface area contributed by atoms with Gasteiger partial charge in [-0.25, -0.2) is 9.97 Å². The Morgan fingerprint density at radius 3 is 2.72 bits per heavy atom. The number of aromatic nitrogens is 2. The van der Waals surface area contributed by atoms with E-state index < -0.39 is 0 Å². The van der Waals surface area contributed by atoms with E-state index >= 15 is 0 Å². The van der Waals surface area contributed by atoms with Gasteiger partial charge in [0.1, 0.15) is 0 Å². The smallest absolute Gasteiger partial charge is 0.228 e. The van der Waals surface area contributed by atoms with Crippen LogP contribution in [0.1, 0.15) is 31.4 Å². The SMILES string of the molecule is CC1NNCC1C(=O)N1CCCC(c2nc(N(C)C)ncc2-c2ccccc2)C1. The van der Waals surface area contributed by atoms with E-state index in [0.29, 0.717) is 19.0 Å². The first-order valence-electron chi connectivity index (χ1n) is 10.4. The molecule has 1 aromatic heterocycles. The number of rotatable bonds is 4. The number of benzene rings is 1. The molecule has 29 heavy (non-hydrogen) atoms. The molecule has 4 rings (SSSR count). The van der Waals surface area contributed by atoms with Gasteiger partial charge in [0, 0.05) is 57.4 Å². The normalized spacial score (nSPS) is 24.5. The van der Waals surface area contributed by atoms with Crippen LogP contribution in [0.15, 0.2) is 36.5 Å². The molecule has 154 valence electrons. The van der Waals surface area contributed by atoms with Crippen molar-refractivity contribution in [2.45, 2.75) is 31.7 Å². The van der Waals surface area contributed by atoms with Crippen LogP contribution in [-0.2, 0) is 4.79 Å². The standard InChI is InChI=1S/C22H30N6O/c1-15-18(13-24-26-15)21(29)28-11-7-10-17(14-28)20-19(16-8-5-4-6-9-16)12-23-22(25-20)27(2)3/h4-6,8-9,12,15,17-18,24,26H,7,10-11,13-14H2,1-3H3. The topological polar surface area (TPSA) is 73.4 Å². The van der Waals surface area contributed by atoms with Crippen molar-refractivity contribution in [2.24, 2.45) is 5.92 Å². The highest BCUT2D eigenvalue weighted by Crippen LogP contribution is 2.34. The van der Waals surface area contributed by atoms with E-state index in [1.54, 1.807) is 0 Å². The Morgan fingerprint density at radius 2 is 2.03 bits per heavy atom. The van der Waals surface area contributed by atoms with Gasteiger partial charge < -0.3 is 9.80 Å². The van der Waals surface area contributed by atoms with Crippen molar-refractivity contribution < 1.29 is 4.79 Å². The first-order chi connectivity index (χ1) is 14.0.